The smallest absolute Gasteiger partial charge is 0.275 e. The van der Waals surface area contributed by atoms with Crippen LogP contribution in [0.1, 0.15) is 24.5 Å². The van der Waals surface area contributed by atoms with Crippen LogP contribution in [0.25, 0.3) is 0 Å². The topological polar surface area (TPSA) is 51.7 Å². The molecule has 1 saturated heterocycles. The molecule has 0 radical (unpaired) electrons. The van der Waals surface area contributed by atoms with E-state index in [2.05, 4.69) is 21.5 Å². The van der Waals surface area contributed by atoms with Crippen LogP contribution in [0, 0.1) is 0 Å². The van der Waals surface area contributed by atoms with E-state index in [0.717, 1.165) is 12.5 Å². The summed E-state index contributed by atoms with van der Waals surface area (Å²) < 4.78 is 38.5. The van der Waals surface area contributed by atoms with Crippen LogP contribution in [-0.4, -0.2) is 17.5 Å². The van der Waals surface area contributed by atoms with Crippen molar-refractivity contribution in [2.24, 2.45) is 4.99 Å². The average Bonchev–Trinajstić information content (AvgIpc) is 2.83. The number of nitrogens with zero attached hydrogens (tertiary/aromatic N) is 2. The number of hydrogen-bond donors (Lipinski definition) is 3. The standard InChI is InChI=1S/C12H16F3N5/c1-2-7-20-11(17-18-19-20)16-8-9-5-3-4-6-10(9)12(13,14)15/h3-6,18-19H,2,7-8H2,1H3,(H,16,17). The van der Waals surface area contributed by atoms with Crippen LogP contribution in [-0.2, 0) is 12.7 Å². The molecule has 1 heterocycles. The summed E-state index contributed by atoms with van der Waals surface area (Å²) in [5.41, 5.74) is 7.73. The predicted molar refractivity (Wildman–Crippen MR) is 69.0 cm³/mol. The SMILES string of the molecule is CCCN1NNNC1=NCc1ccccc1C(F)(F)F. The number of hydrogen-bond acceptors (Lipinski definition) is 3. The summed E-state index contributed by atoms with van der Waals surface area (Å²) in [7, 11) is 0. The predicted octanol–water partition coefficient (Wildman–Crippen LogP) is 1.80. The molecular formula is C12H16F3N5. The first-order valence-electron chi connectivity index (χ1n) is 6.26. The summed E-state index contributed by atoms with van der Waals surface area (Å²) in [6, 6.07) is 5.46. The Morgan fingerprint density at radius 3 is 2.70 bits per heavy atom. The molecule has 0 unspecified atom stereocenters. The summed E-state index contributed by atoms with van der Waals surface area (Å²) in [6.45, 7) is 2.65. The van der Waals surface area contributed by atoms with Crippen molar-refractivity contribution in [3.63, 3.8) is 0 Å². The van der Waals surface area contributed by atoms with Crippen LogP contribution in [0.3, 0.4) is 0 Å². The lowest BCUT2D eigenvalue weighted by Gasteiger charge is -2.15. The van der Waals surface area contributed by atoms with Gasteiger partial charge in [-0.05, 0) is 18.1 Å². The first-order chi connectivity index (χ1) is 9.52. The van der Waals surface area contributed by atoms with Gasteiger partial charge < -0.3 is 0 Å². The lowest BCUT2D eigenvalue weighted by atomic mass is 10.1. The van der Waals surface area contributed by atoms with Gasteiger partial charge in [0.1, 0.15) is 0 Å². The van der Waals surface area contributed by atoms with Crippen molar-refractivity contribution >= 4 is 5.96 Å². The largest absolute Gasteiger partial charge is 0.416 e. The Bertz CT molecular complexity index is 486. The third-order valence-electron chi connectivity index (χ3n) is 2.79. The monoisotopic (exact) mass is 287 g/mol. The van der Waals surface area contributed by atoms with Gasteiger partial charge >= 0.3 is 6.18 Å². The van der Waals surface area contributed by atoms with Gasteiger partial charge in [0.25, 0.3) is 0 Å². The van der Waals surface area contributed by atoms with Gasteiger partial charge in [-0.25, -0.2) is 4.99 Å². The second-order valence-corrected chi connectivity index (χ2v) is 4.31. The molecule has 1 aliphatic rings. The van der Waals surface area contributed by atoms with E-state index in [4.69, 9.17) is 0 Å². The van der Waals surface area contributed by atoms with E-state index in [9.17, 15) is 13.2 Å². The highest BCUT2D eigenvalue weighted by molar-refractivity contribution is 5.80. The molecule has 2 rings (SSSR count). The fourth-order valence-corrected chi connectivity index (χ4v) is 1.88. The highest BCUT2D eigenvalue weighted by atomic mass is 19.4. The van der Waals surface area contributed by atoms with Crippen LogP contribution in [0.2, 0.25) is 0 Å². The highest BCUT2D eigenvalue weighted by Crippen LogP contribution is 2.32. The first kappa shape index (κ1) is 14.6. The summed E-state index contributed by atoms with van der Waals surface area (Å²) in [4.78, 5) is 4.17. The van der Waals surface area contributed by atoms with E-state index in [1.807, 2.05) is 6.92 Å². The first-order valence-corrected chi connectivity index (χ1v) is 6.26. The summed E-state index contributed by atoms with van der Waals surface area (Å²) >= 11 is 0. The zero-order valence-corrected chi connectivity index (χ0v) is 11.0. The van der Waals surface area contributed by atoms with Crippen molar-refractivity contribution in [3.05, 3.63) is 35.4 Å². The number of aliphatic imine (C=N–C) groups is 1. The lowest BCUT2D eigenvalue weighted by molar-refractivity contribution is -0.138. The van der Waals surface area contributed by atoms with Crippen molar-refractivity contribution < 1.29 is 13.2 Å². The molecule has 0 aliphatic carbocycles. The Kier molecular flexibility index (Phi) is 4.46. The molecule has 1 aliphatic heterocycles. The number of benzene rings is 1. The maximum Gasteiger partial charge on any atom is 0.416 e. The average molecular weight is 287 g/mol. The molecule has 5 nitrogen and oxygen atoms in total. The van der Waals surface area contributed by atoms with E-state index in [-0.39, 0.29) is 12.1 Å². The van der Waals surface area contributed by atoms with Gasteiger partial charge in [0.15, 0.2) is 0 Å². The molecule has 110 valence electrons. The fraction of sp³-hybridized carbons (Fsp3) is 0.417. The minimum Gasteiger partial charge on any atom is -0.275 e. The number of hydrazine groups is 3. The van der Waals surface area contributed by atoms with Gasteiger partial charge in [-0.1, -0.05) is 25.1 Å². The minimum atomic E-state index is -4.36. The number of rotatable bonds is 4. The van der Waals surface area contributed by atoms with Gasteiger partial charge in [-0.15, -0.1) is 5.53 Å². The van der Waals surface area contributed by atoms with Gasteiger partial charge in [-0.2, -0.15) is 18.7 Å². The van der Waals surface area contributed by atoms with Crippen molar-refractivity contribution in [2.75, 3.05) is 6.54 Å². The molecule has 0 spiro atoms. The zero-order valence-electron chi connectivity index (χ0n) is 11.0. The molecule has 1 fully saturated rings. The van der Waals surface area contributed by atoms with Gasteiger partial charge in [0.05, 0.1) is 12.1 Å². The second-order valence-electron chi connectivity index (χ2n) is 4.31. The van der Waals surface area contributed by atoms with Crippen LogP contribution in [0.15, 0.2) is 29.3 Å². The molecule has 3 N–H and O–H groups in total. The summed E-state index contributed by atoms with van der Waals surface area (Å²) in [5.74, 6) is 0.476. The third kappa shape index (κ3) is 3.40. The summed E-state index contributed by atoms with van der Waals surface area (Å²) in [5, 5.41) is 1.70. The van der Waals surface area contributed by atoms with Crippen molar-refractivity contribution in [1.82, 2.24) is 21.5 Å². The van der Waals surface area contributed by atoms with Crippen LogP contribution < -0.4 is 16.5 Å². The van der Waals surface area contributed by atoms with E-state index in [0.29, 0.717) is 12.5 Å². The van der Waals surface area contributed by atoms with Gasteiger partial charge in [0.2, 0.25) is 5.96 Å². The Labute approximate surface area is 114 Å². The molecule has 0 aromatic heterocycles. The highest BCUT2D eigenvalue weighted by Gasteiger charge is 2.32. The lowest BCUT2D eigenvalue weighted by Crippen LogP contribution is -2.38. The van der Waals surface area contributed by atoms with Crippen molar-refractivity contribution in [2.45, 2.75) is 26.1 Å². The van der Waals surface area contributed by atoms with Gasteiger partial charge in [0, 0.05) is 6.54 Å². The third-order valence-corrected chi connectivity index (χ3v) is 2.79. The minimum absolute atomic E-state index is 0.0401. The normalized spacial score (nSPS) is 17.6. The number of alkyl halides is 3. The molecule has 0 saturated carbocycles. The van der Waals surface area contributed by atoms with Crippen LogP contribution >= 0.6 is 0 Å². The second kappa shape index (κ2) is 6.10. The maximum absolute atomic E-state index is 12.8. The van der Waals surface area contributed by atoms with Crippen molar-refractivity contribution in [1.29, 1.82) is 0 Å². The molecule has 0 atom stereocenters. The fourth-order valence-electron chi connectivity index (χ4n) is 1.88. The molecule has 0 amide bonds. The van der Waals surface area contributed by atoms with E-state index >= 15 is 0 Å². The van der Waals surface area contributed by atoms with E-state index in [1.165, 1.54) is 12.1 Å². The quantitative estimate of drug-likeness (QED) is 0.790. The molecule has 0 bridgehead atoms. The summed E-state index contributed by atoms with van der Waals surface area (Å²) in [6.07, 6.45) is -3.48. The number of halogens is 3. The number of guanidine groups is 1. The van der Waals surface area contributed by atoms with Gasteiger partial charge in [-0.3, -0.25) is 10.4 Å². The van der Waals surface area contributed by atoms with E-state index in [1.54, 1.807) is 11.1 Å². The molecule has 1 aromatic carbocycles. The molecule has 1 aromatic rings. The number of nitrogens with one attached hydrogen (secondary N) is 3. The molecule has 8 heteroatoms. The Morgan fingerprint density at radius 2 is 2.00 bits per heavy atom. The Hall–Kier alpha value is -1.80. The zero-order chi connectivity index (χ0) is 14.6. The Balaban J connectivity index is 2.15. The Morgan fingerprint density at radius 1 is 1.25 bits per heavy atom. The molecular weight excluding hydrogens is 271 g/mol. The van der Waals surface area contributed by atoms with Crippen molar-refractivity contribution in [3.8, 4) is 0 Å². The van der Waals surface area contributed by atoms with Crippen LogP contribution in [0.4, 0.5) is 13.2 Å². The maximum atomic E-state index is 12.8. The molecule has 20 heavy (non-hydrogen) atoms. The van der Waals surface area contributed by atoms with Crippen LogP contribution in [0.5, 0.6) is 0 Å². The van der Waals surface area contributed by atoms with E-state index < -0.39 is 11.7 Å².